The van der Waals surface area contributed by atoms with Crippen LogP contribution in [0, 0.1) is 13.8 Å². The summed E-state index contributed by atoms with van der Waals surface area (Å²) in [5, 5.41) is 9.14. The quantitative estimate of drug-likeness (QED) is 0.0580. The summed E-state index contributed by atoms with van der Waals surface area (Å²) >= 11 is 0. The van der Waals surface area contributed by atoms with Crippen molar-refractivity contribution in [3.8, 4) is 11.5 Å². The zero-order valence-electron chi connectivity index (χ0n) is 34.9. The van der Waals surface area contributed by atoms with E-state index >= 15 is 0 Å². The topological polar surface area (TPSA) is 122 Å². The van der Waals surface area contributed by atoms with Crippen LogP contribution in [-0.2, 0) is 50.9 Å². The van der Waals surface area contributed by atoms with E-state index in [-0.39, 0.29) is 37.2 Å². The third-order valence-electron chi connectivity index (χ3n) is 11.2. The minimum Gasteiger partial charge on any atom is -0.489 e. The average Bonchev–Trinajstić information content (AvgIpc) is 3.67. The lowest BCUT2D eigenvalue weighted by Gasteiger charge is -2.33. The third-order valence-corrected chi connectivity index (χ3v) is 12.6. The van der Waals surface area contributed by atoms with Gasteiger partial charge in [0.15, 0.2) is 0 Å². The van der Waals surface area contributed by atoms with E-state index in [0.29, 0.717) is 24.5 Å². The monoisotopic (exact) mass is 830 g/mol. The van der Waals surface area contributed by atoms with Gasteiger partial charge in [0.05, 0.1) is 31.2 Å². The molecule has 6 aromatic rings. The fourth-order valence-corrected chi connectivity index (χ4v) is 9.20. The minimum absolute atomic E-state index is 0.102. The number of unbranched alkanes of at least 4 members (excludes halogenated alkanes) is 3. The molecule has 60 heavy (non-hydrogen) atoms. The third kappa shape index (κ3) is 10.2. The molecule has 0 saturated heterocycles. The van der Waals surface area contributed by atoms with Gasteiger partial charge in [0.2, 0.25) is 0 Å². The van der Waals surface area contributed by atoms with Crippen LogP contribution in [0.5, 0.6) is 11.5 Å². The molecule has 2 heterocycles. The number of carbonyl (C=O) groups is 1. The SMILES string of the molecule is CCOC(=O)CC(c1ccc(C)c([C@@H](C)N2Cc3cc(OCc4ccccc4)ccc3OS2(=O)=O)c1)c1ccc2c(nnn2CCCCCCOCc2ccccc2)c1C. The highest BCUT2D eigenvalue weighted by atomic mass is 32.2. The van der Waals surface area contributed by atoms with Crippen LogP contribution >= 0.6 is 0 Å². The number of carbonyl (C=O) groups excluding carboxylic acids is 1. The van der Waals surface area contributed by atoms with Crippen molar-refractivity contribution in [3.05, 3.63) is 154 Å². The first-order valence-electron chi connectivity index (χ1n) is 20.8. The number of hydrogen-bond donors (Lipinski definition) is 0. The summed E-state index contributed by atoms with van der Waals surface area (Å²) in [6, 6.07) is 34.8. The van der Waals surface area contributed by atoms with E-state index in [4.69, 9.17) is 18.4 Å². The van der Waals surface area contributed by atoms with Gasteiger partial charge in [-0.25, -0.2) is 4.68 Å². The maximum atomic E-state index is 13.7. The van der Waals surface area contributed by atoms with Crippen molar-refractivity contribution in [1.82, 2.24) is 19.3 Å². The first kappa shape index (κ1) is 42.6. The lowest BCUT2D eigenvalue weighted by Crippen LogP contribution is -2.39. The molecule has 314 valence electrons. The fourth-order valence-electron chi connectivity index (χ4n) is 7.91. The predicted molar refractivity (Wildman–Crippen MR) is 232 cm³/mol. The molecule has 2 atom stereocenters. The van der Waals surface area contributed by atoms with Crippen LogP contribution in [0.3, 0.4) is 0 Å². The summed E-state index contributed by atoms with van der Waals surface area (Å²) in [6.07, 6.45) is 4.22. The maximum absolute atomic E-state index is 13.7. The number of hydrogen-bond acceptors (Lipinski definition) is 9. The van der Waals surface area contributed by atoms with Gasteiger partial charge < -0.3 is 18.4 Å². The lowest BCUT2D eigenvalue weighted by molar-refractivity contribution is -0.143. The van der Waals surface area contributed by atoms with E-state index < -0.39 is 16.3 Å². The maximum Gasteiger partial charge on any atom is 0.386 e. The molecule has 7 rings (SSSR count). The Balaban J connectivity index is 1.06. The van der Waals surface area contributed by atoms with E-state index in [0.717, 1.165) is 83.2 Å². The number of rotatable bonds is 19. The van der Waals surface area contributed by atoms with Crippen molar-refractivity contribution >= 4 is 27.3 Å². The molecule has 0 saturated carbocycles. The zero-order chi connectivity index (χ0) is 42.1. The number of ether oxygens (including phenoxy) is 3. The highest BCUT2D eigenvalue weighted by molar-refractivity contribution is 7.84. The van der Waals surface area contributed by atoms with E-state index in [9.17, 15) is 13.2 Å². The molecule has 11 nitrogen and oxygen atoms in total. The molecule has 5 aromatic carbocycles. The van der Waals surface area contributed by atoms with Crippen LogP contribution in [0.1, 0.15) is 102 Å². The molecule has 0 N–H and O–H groups in total. The van der Waals surface area contributed by atoms with Crippen LogP contribution in [-0.4, -0.2) is 46.9 Å². The Hall–Kier alpha value is -5.56. The number of aromatic nitrogens is 3. The van der Waals surface area contributed by atoms with Gasteiger partial charge in [0.1, 0.15) is 23.6 Å². The van der Waals surface area contributed by atoms with Gasteiger partial charge in [0, 0.05) is 31.2 Å². The molecule has 0 fully saturated rings. The smallest absolute Gasteiger partial charge is 0.386 e. The Kier molecular flexibility index (Phi) is 14.0. The predicted octanol–water partition coefficient (Wildman–Crippen LogP) is 9.69. The molecule has 1 unspecified atom stereocenters. The molecule has 1 aromatic heterocycles. The molecule has 12 heteroatoms. The molecule has 1 aliphatic rings. The molecule has 0 aliphatic carbocycles. The van der Waals surface area contributed by atoms with Crippen LogP contribution in [0.4, 0.5) is 0 Å². The minimum atomic E-state index is -4.14. The second kappa shape index (κ2) is 19.7. The Morgan fingerprint density at radius 1 is 0.833 bits per heavy atom. The zero-order valence-corrected chi connectivity index (χ0v) is 35.7. The fraction of sp³-hybridized carbons (Fsp3) is 0.354. The number of esters is 1. The normalized spacial score (nSPS) is 14.6. The van der Waals surface area contributed by atoms with Gasteiger partial charge in [-0.1, -0.05) is 103 Å². The number of nitrogens with zero attached hydrogens (tertiary/aromatic N) is 4. The highest BCUT2D eigenvalue weighted by Gasteiger charge is 2.37. The Labute approximate surface area is 353 Å². The van der Waals surface area contributed by atoms with Crippen LogP contribution in [0.25, 0.3) is 11.0 Å². The first-order chi connectivity index (χ1) is 29.1. The number of fused-ring (bicyclic) bond motifs is 2. The molecule has 0 amide bonds. The average molecular weight is 831 g/mol. The van der Waals surface area contributed by atoms with Crippen LogP contribution in [0.15, 0.2) is 109 Å². The summed E-state index contributed by atoms with van der Waals surface area (Å²) in [7, 11) is -4.14. The standard InChI is InChI=1S/C48H54N4O7S/c1-5-57-47(53)30-44(42-23-24-45-48(35(42)3)49-50-51(45)26-14-6-7-15-27-56-32-37-16-10-8-11-17-37)39-21-20-34(2)43(29-39)36(4)52-31-40-28-41(22-25-46(40)59-60(52,54)55)58-33-38-18-12-9-13-19-38/h8-13,16-25,28-29,36,44H,5-7,14-15,26-27,30-33H2,1-4H3/t36-,44?/m1/s1. The van der Waals surface area contributed by atoms with E-state index in [1.165, 1.54) is 9.87 Å². The van der Waals surface area contributed by atoms with Crippen molar-refractivity contribution in [1.29, 1.82) is 0 Å². The highest BCUT2D eigenvalue weighted by Crippen LogP contribution is 2.40. The van der Waals surface area contributed by atoms with Crippen LogP contribution < -0.4 is 8.92 Å². The summed E-state index contributed by atoms with van der Waals surface area (Å²) < 4.78 is 53.7. The summed E-state index contributed by atoms with van der Waals surface area (Å²) in [6.45, 7) is 10.5. The van der Waals surface area contributed by atoms with E-state index in [1.54, 1.807) is 19.1 Å². The molecular weight excluding hydrogens is 777 g/mol. The Morgan fingerprint density at radius 3 is 2.32 bits per heavy atom. The van der Waals surface area contributed by atoms with Gasteiger partial charge in [-0.15, -0.1) is 5.10 Å². The lowest BCUT2D eigenvalue weighted by atomic mass is 9.83. The summed E-state index contributed by atoms with van der Waals surface area (Å²) in [4.78, 5) is 13.2. The van der Waals surface area contributed by atoms with Gasteiger partial charge >= 0.3 is 16.3 Å². The Bertz CT molecular complexity index is 2490. The Morgan fingerprint density at radius 2 is 1.57 bits per heavy atom. The van der Waals surface area contributed by atoms with Crippen molar-refractivity contribution in [2.75, 3.05) is 13.2 Å². The first-order valence-corrected chi connectivity index (χ1v) is 22.2. The van der Waals surface area contributed by atoms with Crippen molar-refractivity contribution in [3.63, 3.8) is 0 Å². The molecule has 0 spiro atoms. The number of benzene rings is 5. The molecule has 0 radical (unpaired) electrons. The van der Waals surface area contributed by atoms with Crippen molar-refractivity contribution in [2.24, 2.45) is 0 Å². The van der Waals surface area contributed by atoms with Crippen LogP contribution in [0.2, 0.25) is 0 Å². The largest absolute Gasteiger partial charge is 0.489 e. The summed E-state index contributed by atoms with van der Waals surface area (Å²) in [5.41, 5.74) is 9.12. The molecule has 0 bridgehead atoms. The van der Waals surface area contributed by atoms with E-state index in [1.807, 2.05) is 104 Å². The van der Waals surface area contributed by atoms with Gasteiger partial charge in [-0.3, -0.25) is 4.79 Å². The number of aryl methyl sites for hydroxylation is 3. The second-order valence-electron chi connectivity index (χ2n) is 15.4. The molecular formula is C48H54N4O7S. The molecule has 1 aliphatic heterocycles. The van der Waals surface area contributed by atoms with Gasteiger partial charge in [-0.2, -0.15) is 12.7 Å². The second-order valence-corrected chi connectivity index (χ2v) is 16.9. The van der Waals surface area contributed by atoms with E-state index in [2.05, 4.69) is 28.5 Å². The summed E-state index contributed by atoms with van der Waals surface area (Å²) in [5.74, 6) is 0.207. The van der Waals surface area contributed by atoms with Crippen molar-refractivity contribution in [2.45, 2.75) is 98.1 Å². The van der Waals surface area contributed by atoms with Gasteiger partial charge in [-0.05, 0) is 104 Å². The van der Waals surface area contributed by atoms with Gasteiger partial charge in [0.25, 0.3) is 0 Å². The van der Waals surface area contributed by atoms with Crippen molar-refractivity contribution < 1.29 is 31.6 Å².